The Morgan fingerprint density at radius 3 is 2.62 bits per heavy atom. The second kappa shape index (κ2) is 6.79. The second-order valence-corrected chi connectivity index (χ2v) is 7.22. The second-order valence-electron chi connectivity index (χ2n) is 4.27. The lowest BCUT2D eigenvalue weighted by molar-refractivity contribution is 0.185. The standard InChI is InChI=1S/C14H13BrClNO3S/c1-20-9-10-4-2-3-5-14(10)17-21(18,19)11-6-7-13(16)12(15)8-11/h2-8,17H,9H2,1H3. The number of hydrogen-bond acceptors (Lipinski definition) is 3. The zero-order chi connectivity index (χ0) is 15.5. The number of ether oxygens (including phenoxy) is 1. The number of benzene rings is 2. The van der Waals surface area contributed by atoms with Gasteiger partial charge in [-0.15, -0.1) is 0 Å². The van der Waals surface area contributed by atoms with Gasteiger partial charge in [0.25, 0.3) is 10.0 Å². The maximum absolute atomic E-state index is 12.4. The molecule has 21 heavy (non-hydrogen) atoms. The van der Waals surface area contributed by atoms with Crippen LogP contribution in [0.15, 0.2) is 51.8 Å². The van der Waals surface area contributed by atoms with Gasteiger partial charge in [0.05, 0.1) is 22.2 Å². The highest BCUT2D eigenvalue weighted by Crippen LogP contribution is 2.27. The first kappa shape index (κ1) is 16.3. The van der Waals surface area contributed by atoms with Crippen LogP contribution in [0.3, 0.4) is 0 Å². The van der Waals surface area contributed by atoms with Gasteiger partial charge in [0.1, 0.15) is 0 Å². The van der Waals surface area contributed by atoms with Crippen LogP contribution in [0.1, 0.15) is 5.56 Å². The van der Waals surface area contributed by atoms with Crippen molar-refractivity contribution in [3.05, 3.63) is 57.5 Å². The Labute approximate surface area is 137 Å². The molecule has 0 radical (unpaired) electrons. The summed E-state index contributed by atoms with van der Waals surface area (Å²) in [5.74, 6) is 0. The molecule has 0 aliphatic rings. The zero-order valence-electron chi connectivity index (χ0n) is 11.1. The SMILES string of the molecule is COCc1ccccc1NS(=O)(=O)c1ccc(Cl)c(Br)c1. The van der Waals surface area contributed by atoms with Crippen molar-refractivity contribution in [3.63, 3.8) is 0 Å². The van der Waals surface area contributed by atoms with Gasteiger partial charge in [0.15, 0.2) is 0 Å². The predicted molar refractivity (Wildman–Crippen MR) is 87.1 cm³/mol. The number of para-hydroxylation sites is 1. The van der Waals surface area contributed by atoms with Crippen LogP contribution in [-0.4, -0.2) is 15.5 Å². The van der Waals surface area contributed by atoms with E-state index in [0.717, 1.165) is 5.56 Å². The summed E-state index contributed by atoms with van der Waals surface area (Å²) in [6.07, 6.45) is 0. The van der Waals surface area contributed by atoms with Gasteiger partial charge in [-0.05, 0) is 40.2 Å². The van der Waals surface area contributed by atoms with Crippen LogP contribution in [-0.2, 0) is 21.4 Å². The van der Waals surface area contributed by atoms with Gasteiger partial charge in [-0.2, -0.15) is 0 Å². The van der Waals surface area contributed by atoms with E-state index < -0.39 is 10.0 Å². The molecule has 0 saturated heterocycles. The first-order valence-electron chi connectivity index (χ1n) is 5.99. The molecule has 7 heteroatoms. The molecule has 0 spiro atoms. The van der Waals surface area contributed by atoms with Gasteiger partial charge in [-0.3, -0.25) is 4.72 Å². The Balaban J connectivity index is 2.35. The van der Waals surface area contributed by atoms with Gasteiger partial charge >= 0.3 is 0 Å². The maximum Gasteiger partial charge on any atom is 0.261 e. The number of sulfonamides is 1. The predicted octanol–water partition coefficient (Wildman–Crippen LogP) is 4.05. The summed E-state index contributed by atoms with van der Waals surface area (Å²) in [5, 5.41) is 0.453. The highest BCUT2D eigenvalue weighted by molar-refractivity contribution is 9.10. The van der Waals surface area contributed by atoms with E-state index in [4.69, 9.17) is 16.3 Å². The first-order chi connectivity index (χ1) is 9.94. The molecule has 2 aromatic rings. The van der Waals surface area contributed by atoms with Crippen molar-refractivity contribution in [1.82, 2.24) is 0 Å². The summed E-state index contributed by atoms with van der Waals surface area (Å²) in [6, 6.07) is 11.5. The number of anilines is 1. The minimum absolute atomic E-state index is 0.131. The number of nitrogens with one attached hydrogen (secondary N) is 1. The molecule has 0 saturated carbocycles. The van der Waals surface area contributed by atoms with Crippen molar-refractivity contribution in [3.8, 4) is 0 Å². The van der Waals surface area contributed by atoms with Crippen molar-refractivity contribution in [1.29, 1.82) is 0 Å². The molecule has 0 heterocycles. The van der Waals surface area contributed by atoms with E-state index in [1.807, 2.05) is 6.07 Å². The van der Waals surface area contributed by atoms with Crippen molar-refractivity contribution in [2.24, 2.45) is 0 Å². The van der Waals surface area contributed by atoms with E-state index in [1.165, 1.54) is 18.2 Å². The van der Waals surface area contributed by atoms with Gasteiger partial charge < -0.3 is 4.74 Å². The Bertz CT molecular complexity index is 750. The van der Waals surface area contributed by atoms with Crippen LogP contribution in [0, 0.1) is 0 Å². The molecular formula is C14H13BrClNO3S. The van der Waals surface area contributed by atoms with Gasteiger partial charge in [-0.25, -0.2) is 8.42 Å². The maximum atomic E-state index is 12.4. The van der Waals surface area contributed by atoms with E-state index in [1.54, 1.807) is 25.3 Å². The smallest absolute Gasteiger partial charge is 0.261 e. The van der Waals surface area contributed by atoms with Crippen molar-refractivity contribution < 1.29 is 13.2 Å². The summed E-state index contributed by atoms with van der Waals surface area (Å²) in [7, 11) is -2.13. The minimum atomic E-state index is -3.69. The lowest BCUT2D eigenvalue weighted by Crippen LogP contribution is -2.14. The Hall–Kier alpha value is -1.08. The van der Waals surface area contributed by atoms with Crippen LogP contribution in [0.5, 0.6) is 0 Å². The molecular weight excluding hydrogens is 378 g/mol. The number of hydrogen-bond donors (Lipinski definition) is 1. The summed E-state index contributed by atoms with van der Waals surface area (Å²) in [6.45, 7) is 0.322. The molecule has 1 N–H and O–H groups in total. The van der Waals surface area contributed by atoms with E-state index in [2.05, 4.69) is 20.7 Å². The van der Waals surface area contributed by atoms with Crippen molar-refractivity contribution in [2.75, 3.05) is 11.8 Å². The third-order valence-corrected chi connectivity index (χ3v) is 5.34. The summed E-state index contributed by atoms with van der Waals surface area (Å²) in [4.78, 5) is 0.131. The lowest BCUT2D eigenvalue weighted by Gasteiger charge is -2.12. The van der Waals surface area contributed by atoms with Gasteiger partial charge in [-0.1, -0.05) is 29.8 Å². The molecule has 2 rings (SSSR count). The molecule has 2 aromatic carbocycles. The number of halogens is 2. The fourth-order valence-electron chi connectivity index (χ4n) is 1.75. The molecule has 0 aliphatic carbocycles. The van der Waals surface area contributed by atoms with Crippen LogP contribution < -0.4 is 4.72 Å². The average molecular weight is 391 g/mol. The van der Waals surface area contributed by atoms with E-state index in [9.17, 15) is 8.42 Å². The molecule has 112 valence electrons. The van der Waals surface area contributed by atoms with Crippen LogP contribution >= 0.6 is 27.5 Å². The van der Waals surface area contributed by atoms with E-state index in [-0.39, 0.29) is 4.90 Å². The molecule has 4 nitrogen and oxygen atoms in total. The average Bonchev–Trinajstić information content (AvgIpc) is 2.44. The highest BCUT2D eigenvalue weighted by Gasteiger charge is 2.17. The van der Waals surface area contributed by atoms with Crippen molar-refractivity contribution >= 4 is 43.2 Å². The molecule has 0 bridgehead atoms. The monoisotopic (exact) mass is 389 g/mol. The molecule has 0 amide bonds. The first-order valence-corrected chi connectivity index (χ1v) is 8.64. The normalized spacial score (nSPS) is 11.4. The molecule has 0 unspecified atom stereocenters. The van der Waals surface area contributed by atoms with Crippen LogP contribution in [0.25, 0.3) is 0 Å². The number of rotatable bonds is 5. The highest BCUT2D eigenvalue weighted by atomic mass is 79.9. The minimum Gasteiger partial charge on any atom is -0.380 e. The van der Waals surface area contributed by atoms with E-state index in [0.29, 0.717) is 21.8 Å². The fraction of sp³-hybridized carbons (Fsp3) is 0.143. The summed E-state index contributed by atoms with van der Waals surface area (Å²) in [5.41, 5.74) is 1.25. The van der Waals surface area contributed by atoms with Gasteiger partial charge in [0.2, 0.25) is 0 Å². The summed E-state index contributed by atoms with van der Waals surface area (Å²) < 4.78 is 33.0. The quantitative estimate of drug-likeness (QED) is 0.838. The summed E-state index contributed by atoms with van der Waals surface area (Å²) >= 11 is 9.10. The molecule has 0 fully saturated rings. The Morgan fingerprint density at radius 2 is 1.95 bits per heavy atom. The third-order valence-electron chi connectivity index (χ3n) is 2.76. The molecule has 0 atom stereocenters. The Morgan fingerprint density at radius 1 is 1.24 bits per heavy atom. The van der Waals surface area contributed by atoms with E-state index >= 15 is 0 Å². The van der Waals surface area contributed by atoms with Crippen LogP contribution in [0.2, 0.25) is 5.02 Å². The Kier molecular flexibility index (Phi) is 5.27. The lowest BCUT2D eigenvalue weighted by atomic mass is 10.2. The van der Waals surface area contributed by atoms with Crippen LogP contribution in [0.4, 0.5) is 5.69 Å². The number of methoxy groups -OCH3 is 1. The fourth-order valence-corrected chi connectivity index (χ4v) is 3.52. The molecule has 0 aliphatic heterocycles. The molecule has 0 aromatic heterocycles. The van der Waals surface area contributed by atoms with Crippen molar-refractivity contribution in [2.45, 2.75) is 11.5 Å². The largest absolute Gasteiger partial charge is 0.380 e. The topological polar surface area (TPSA) is 55.4 Å². The zero-order valence-corrected chi connectivity index (χ0v) is 14.3. The van der Waals surface area contributed by atoms with Gasteiger partial charge in [0, 0.05) is 17.1 Å². The third kappa shape index (κ3) is 3.97.